The van der Waals surface area contributed by atoms with E-state index < -0.39 is 0 Å². The molecule has 0 atom stereocenters. The molecule has 0 aliphatic heterocycles. The van der Waals surface area contributed by atoms with Gasteiger partial charge in [0.1, 0.15) is 0 Å². The van der Waals surface area contributed by atoms with Crippen LogP contribution in [0, 0.1) is 10.8 Å². The monoisotopic (exact) mass is 264 g/mol. The Bertz CT molecular complexity index is 488. The van der Waals surface area contributed by atoms with Gasteiger partial charge in [-0.15, -0.1) is 0 Å². The number of carbonyl (C=O) groups is 1. The summed E-state index contributed by atoms with van der Waals surface area (Å²) in [6.07, 6.45) is 1.78. The van der Waals surface area contributed by atoms with Gasteiger partial charge in [-0.25, -0.2) is 0 Å². The van der Waals surface area contributed by atoms with Crippen LogP contribution in [0.4, 0.5) is 5.69 Å². The van der Waals surface area contributed by atoms with E-state index in [1.165, 1.54) is 0 Å². The molecule has 1 fully saturated rings. The van der Waals surface area contributed by atoms with E-state index >= 15 is 0 Å². The fourth-order valence-corrected chi connectivity index (χ4v) is 2.76. The zero-order chi connectivity index (χ0) is 14.4. The molecular formula is C14H24N4O. The second kappa shape index (κ2) is 4.25. The number of carbonyl (C=O) groups excluding carboxylic acids is 1. The van der Waals surface area contributed by atoms with Gasteiger partial charge in [-0.1, -0.05) is 41.0 Å². The third-order valence-corrected chi connectivity index (χ3v) is 4.89. The van der Waals surface area contributed by atoms with E-state index in [0.29, 0.717) is 11.4 Å². The summed E-state index contributed by atoms with van der Waals surface area (Å²) in [5.74, 6) is -0.181. The first-order valence-electron chi connectivity index (χ1n) is 6.87. The van der Waals surface area contributed by atoms with E-state index in [1.54, 1.807) is 0 Å². The quantitative estimate of drug-likeness (QED) is 0.778. The molecule has 1 aliphatic carbocycles. The van der Waals surface area contributed by atoms with Crippen LogP contribution < -0.4 is 11.1 Å². The molecule has 0 radical (unpaired) electrons. The largest absolute Gasteiger partial charge is 0.395 e. The van der Waals surface area contributed by atoms with Gasteiger partial charge in [-0.05, 0) is 17.3 Å². The van der Waals surface area contributed by atoms with Crippen LogP contribution in [0.25, 0.3) is 0 Å². The fraction of sp³-hybridized carbons (Fsp3) is 0.714. The van der Waals surface area contributed by atoms with Crippen molar-refractivity contribution in [1.82, 2.24) is 15.5 Å². The SMILES string of the molecule is CCCc1[nH]nc(C(=O)NC2C(C)(C)C2(C)C)c1N. The normalized spacial score (nSPS) is 20.3. The maximum Gasteiger partial charge on any atom is 0.274 e. The molecule has 1 aliphatic rings. The van der Waals surface area contributed by atoms with E-state index in [4.69, 9.17) is 5.73 Å². The molecule has 106 valence electrons. The Kier molecular flexibility index (Phi) is 3.11. The average Bonchev–Trinajstić information content (AvgIpc) is 2.63. The van der Waals surface area contributed by atoms with Crippen LogP contribution >= 0.6 is 0 Å². The van der Waals surface area contributed by atoms with E-state index in [1.807, 2.05) is 0 Å². The highest BCUT2D eigenvalue weighted by Gasteiger charge is 2.65. The van der Waals surface area contributed by atoms with Crippen LogP contribution in [0.5, 0.6) is 0 Å². The molecule has 0 unspecified atom stereocenters. The Hall–Kier alpha value is -1.52. The number of H-pyrrole nitrogens is 1. The summed E-state index contributed by atoms with van der Waals surface area (Å²) in [6, 6.07) is 0.165. The summed E-state index contributed by atoms with van der Waals surface area (Å²) in [5, 5.41) is 9.95. The molecular weight excluding hydrogens is 240 g/mol. The maximum absolute atomic E-state index is 12.2. The van der Waals surface area contributed by atoms with Crippen LogP contribution in [0.15, 0.2) is 0 Å². The third-order valence-electron chi connectivity index (χ3n) is 4.89. The first-order chi connectivity index (χ1) is 8.73. The minimum Gasteiger partial charge on any atom is -0.395 e. The number of nitrogens with two attached hydrogens (primary N) is 1. The number of hydrogen-bond donors (Lipinski definition) is 3. The molecule has 1 aromatic heterocycles. The number of hydrogen-bond acceptors (Lipinski definition) is 3. The number of aromatic nitrogens is 2. The van der Waals surface area contributed by atoms with Gasteiger partial charge < -0.3 is 11.1 Å². The highest BCUT2D eigenvalue weighted by atomic mass is 16.2. The minimum atomic E-state index is -0.181. The van der Waals surface area contributed by atoms with Crippen molar-refractivity contribution in [1.29, 1.82) is 0 Å². The Morgan fingerprint density at radius 2 is 1.95 bits per heavy atom. The van der Waals surface area contributed by atoms with Gasteiger partial charge in [0.05, 0.1) is 11.4 Å². The Morgan fingerprint density at radius 3 is 2.42 bits per heavy atom. The molecule has 0 spiro atoms. The summed E-state index contributed by atoms with van der Waals surface area (Å²) < 4.78 is 0. The number of rotatable bonds is 4. The van der Waals surface area contributed by atoms with E-state index in [2.05, 4.69) is 50.1 Å². The van der Waals surface area contributed by atoms with Crippen LogP contribution in [0.1, 0.15) is 57.2 Å². The van der Waals surface area contributed by atoms with Crippen molar-refractivity contribution in [2.75, 3.05) is 5.73 Å². The summed E-state index contributed by atoms with van der Waals surface area (Å²) >= 11 is 0. The number of anilines is 1. The summed E-state index contributed by atoms with van der Waals surface area (Å²) in [6.45, 7) is 10.7. The fourth-order valence-electron chi connectivity index (χ4n) is 2.76. The molecule has 5 nitrogen and oxygen atoms in total. The second-order valence-electron chi connectivity index (χ2n) is 6.56. The lowest BCUT2D eigenvalue weighted by Gasteiger charge is -2.05. The molecule has 5 heteroatoms. The predicted molar refractivity (Wildman–Crippen MR) is 75.8 cm³/mol. The lowest BCUT2D eigenvalue weighted by Crippen LogP contribution is -2.30. The first kappa shape index (κ1) is 13.9. The Labute approximate surface area is 114 Å². The number of nitrogens with one attached hydrogen (secondary N) is 2. The number of nitrogen functional groups attached to an aromatic ring is 1. The van der Waals surface area contributed by atoms with Crippen LogP contribution in [-0.2, 0) is 6.42 Å². The maximum atomic E-state index is 12.2. The highest BCUT2D eigenvalue weighted by Crippen LogP contribution is 2.62. The topological polar surface area (TPSA) is 83.8 Å². The van der Waals surface area contributed by atoms with Crippen LogP contribution in [0.2, 0.25) is 0 Å². The average molecular weight is 264 g/mol. The molecule has 1 aromatic rings. The third kappa shape index (κ3) is 2.01. The summed E-state index contributed by atoms with van der Waals surface area (Å²) in [7, 11) is 0. The van der Waals surface area contributed by atoms with Crippen molar-refractivity contribution in [3.8, 4) is 0 Å². The summed E-state index contributed by atoms with van der Waals surface area (Å²) in [4.78, 5) is 12.2. The van der Waals surface area contributed by atoms with Crippen molar-refractivity contribution in [3.63, 3.8) is 0 Å². The van der Waals surface area contributed by atoms with Crippen molar-refractivity contribution in [2.45, 2.75) is 53.5 Å². The number of amides is 1. The minimum absolute atomic E-state index is 0.111. The zero-order valence-corrected chi connectivity index (χ0v) is 12.4. The van der Waals surface area contributed by atoms with E-state index in [0.717, 1.165) is 18.5 Å². The molecule has 2 rings (SSSR count). The predicted octanol–water partition coefficient (Wildman–Crippen LogP) is 2.11. The molecule has 4 N–H and O–H groups in total. The molecule has 1 saturated carbocycles. The molecule has 1 amide bonds. The number of aromatic amines is 1. The van der Waals surface area contributed by atoms with Crippen molar-refractivity contribution < 1.29 is 4.79 Å². The van der Waals surface area contributed by atoms with Gasteiger partial charge in [0.25, 0.3) is 5.91 Å². The van der Waals surface area contributed by atoms with Gasteiger partial charge in [0, 0.05) is 6.04 Å². The van der Waals surface area contributed by atoms with Crippen molar-refractivity contribution in [2.24, 2.45) is 10.8 Å². The van der Waals surface area contributed by atoms with E-state index in [-0.39, 0.29) is 22.8 Å². The Morgan fingerprint density at radius 1 is 1.37 bits per heavy atom. The van der Waals surface area contributed by atoms with Gasteiger partial charge in [-0.2, -0.15) is 5.10 Å². The van der Waals surface area contributed by atoms with Crippen LogP contribution in [0.3, 0.4) is 0 Å². The molecule has 0 saturated heterocycles. The highest BCUT2D eigenvalue weighted by molar-refractivity contribution is 5.98. The van der Waals surface area contributed by atoms with Crippen molar-refractivity contribution >= 4 is 11.6 Å². The van der Waals surface area contributed by atoms with Crippen LogP contribution in [-0.4, -0.2) is 22.1 Å². The molecule has 19 heavy (non-hydrogen) atoms. The summed E-state index contributed by atoms with van der Waals surface area (Å²) in [5.41, 5.74) is 7.84. The van der Waals surface area contributed by atoms with E-state index in [9.17, 15) is 4.79 Å². The van der Waals surface area contributed by atoms with Gasteiger partial charge in [0.2, 0.25) is 0 Å². The smallest absolute Gasteiger partial charge is 0.274 e. The zero-order valence-electron chi connectivity index (χ0n) is 12.4. The van der Waals surface area contributed by atoms with Crippen molar-refractivity contribution in [3.05, 3.63) is 11.4 Å². The molecule has 0 bridgehead atoms. The molecule has 1 heterocycles. The lowest BCUT2D eigenvalue weighted by molar-refractivity contribution is 0.0939. The second-order valence-corrected chi connectivity index (χ2v) is 6.56. The van der Waals surface area contributed by atoms with Gasteiger partial charge in [0.15, 0.2) is 5.69 Å². The lowest BCUT2D eigenvalue weighted by atomic mass is 10.0. The number of nitrogens with zero attached hydrogens (tertiary/aromatic N) is 1. The Balaban J connectivity index is 2.10. The standard InChI is InChI=1S/C14H24N4O/c1-6-7-8-9(15)10(18-17-8)11(19)16-12-13(2,3)14(12,4)5/h12H,6-7,15H2,1-5H3,(H,16,19)(H,17,18). The van der Waals surface area contributed by atoms with Gasteiger partial charge in [-0.3, -0.25) is 9.89 Å². The molecule has 0 aromatic carbocycles. The van der Waals surface area contributed by atoms with Gasteiger partial charge >= 0.3 is 0 Å². The first-order valence-corrected chi connectivity index (χ1v) is 6.87. The number of aryl methyl sites for hydroxylation is 1.